The summed E-state index contributed by atoms with van der Waals surface area (Å²) in [6.07, 6.45) is -4.83. The molecule has 182 valence electrons. The number of carbonyl (C=O) groups is 1. The number of ether oxygens (including phenoxy) is 3. The van der Waals surface area contributed by atoms with Gasteiger partial charge < -0.3 is 14.2 Å². The van der Waals surface area contributed by atoms with Crippen molar-refractivity contribution >= 4 is 17.3 Å². The molecule has 6 nitrogen and oxygen atoms in total. The van der Waals surface area contributed by atoms with Crippen molar-refractivity contribution in [2.24, 2.45) is 0 Å². The van der Waals surface area contributed by atoms with Gasteiger partial charge in [0.2, 0.25) is 0 Å². The first kappa shape index (κ1) is 25.5. The predicted octanol–water partition coefficient (Wildman–Crippen LogP) is 6.39. The smallest absolute Gasteiger partial charge is 0.416 e. The van der Waals surface area contributed by atoms with Gasteiger partial charge in [0.05, 0.1) is 12.2 Å². The molecule has 1 aromatic heterocycles. The maximum Gasteiger partial charge on any atom is 0.416 e. The second-order valence-electron chi connectivity index (χ2n) is 8.04. The summed E-state index contributed by atoms with van der Waals surface area (Å²) < 4.78 is 55.2. The number of aryl methyl sites for hydroxylation is 1. The number of benzene rings is 2. The Kier molecular flexibility index (Phi) is 7.50. The summed E-state index contributed by atoms with van der Waals surface area (Å²) in [6.45, 7) is 8.92. The van der Waals surface area contributed by atoms with Gasteiger partial charge in [-0.15, -0.1) is 10.2 Å². The molecule has 0 aliphatic rings. The molecule has 0 bridgehead atoms. The third-order valence-electron chi connectivity index (χ3n) is 4.84. The summed E-state index contributed by atoms with van der Waals surface area (Å²) in [5.41, 5.74) is -0.543. The van der Waals surface area contributed by atoms with Crippen LogP contribution in [0.3, 0.4) is 0 Å². The molecule has 0 saturated carbocycles. The van der Waals surface area contributed by atoms with Gasteiger partial charge in [0.25, 0.3) is 0 Å². The lowest BCUT2D eigenvalue weighted by molar-refractivity contribution is -0.158. The molecular weight excluding hydrogens is 469 g/mol. The fourth-order valence-corrected chi connectivity index (χ4v) is 3.83. The molecule has 2 aromatic carbocycles. The molecule has 0 aliphatic heterocycles. The van der Waals surface area contributed by atoms with Crippen molar-refractivity contribution < 1.29 is 32.2 Å². The van der Waals surface area contributed by atoms with E-state index in [4.69, 9.17) is 14.2 Å². The second-order valence-corrected chi connectivity index (χ2v) is 9.05. The first-order valence-electron chi connectivity index (χ1n) is 10.5. The summed E-state index contributed by atoms with van der Waals surface area (Å²) in [6, 6.07) is 10.0. The largest absolute Gasteiger partial charge is 0.483 e. The second kappa shape index (κ2) is 10.0. The lowest BCUT2D eigenvalue weighted by atomic mass is 10.1. The Labute approximate surface area is 199 Å². The highest BCUT2D eigenvalue weighted by Gasteiger charge is 2.32. The summed E-state index contributed by atoms with van der Waals surface area (Å²) >= 11 is 1.25. The summed E-state index contributed by atoms with van der Waals surface area (Å²) in [4.78, 5) is 12.1. The zero-order valence-corrected chi connectivity index (χ0v) is 20.2. The van der Waals surface area contributed by atoms with Crippen molar-refractivity contribution in [1.82, 2.24) is 10.2 Å². The summed E-state index contributed by atoms with van der Waals surface area (Å²) in [5.74, 6) is 0.639. The van der Waals surface area contributed by atoms with Crippen LogP contribution in [0.1, 0.15) is 49.9 Å². The topological polar surface area (TPSA) is 70.5 Å². The molecule has 1 heterocycles. The van der Waals surface area contributed by atoms with Gasteiger partial charge in [-0.25, -0.2) is 4.79 Å². The van der Waals surface area contributed by atoms with Crippen LogP contribution in [0.25, 0.3) is 10.6 Å². The van der Waals surface area contributed by atoms with E-state index in [1.54, 1.807) is 45.9 Å². The van der Waals surface area contributed by atoms with E-state index in [1.807, 2.05) is 6.92 Å². The lowest BCUT2D eigenvalue weighted by Crippen LogP contribution is -2.39. The Bertz CT molecular complexity index is 1140. The normalized spacial score (nSPS) is 12.8. The molecular formula is C24H25F3N2O4S. The van der Waals surface area contributed by atoms with E-state index in [1.165, 1.54) is 23.5 Å². The average molecular weight is 495 g/mol. The van der Waals surface area contributed by atoms with Gasteiger partial charge >= 0.3 is 12.1 Å². The number of alkyl halides is 3. The Morgan fingerprint density at radius 3 is 2.35 bits per heavy atom. The molecule has 0 radical (unpaired) electrons. The molecule has 3 aromatic rings. The highest BCUT2D eigenvalue weighted by molar-refractivity contribution is 7.14. The Balaban J connectivity index is 1.68. The Hall–Kier alpha value is -3.14. The van der Waals surface area contributed by atoms with Crippen molar-refractivity contribution in [3.63, 3.8) is 0 Å². The van der Waals surface area contributed by atoms with Crippen molar-refractivity contribution in [1.29, 1.82) is 0 Å². The highest BCUT2D eigenvalue weighted by atomic mass is 32.1. The van der Waals surface area contributed by atoms with Crippen LogP contribution in [0.2, 0.25) is 0 Å². The fourth-order valence-electron chi connectivity index (χ4n) is 3.00. The molecule has 0 N–H and O–H groups in total. The summed E-state index contributed by atoms with van der Waals surface area (Å²) in [5, 5.41) is 9.30. The fraction of sp³-hybridized carbons (Fsp3) is 0.375. The van der Waals surface area contributed by atoms with E-state index in [2.05, 4.69) is 10.2 Å². The zero-order chi connectivity index (χ0) is 25.1. The van der Waals surface area contributed by atoms with Crippen LogP contribution in [0.4, 0.5) is 13.2 Å². The van der Waals surface area contributed by atoms with Crippen LogP contribution in [-0.2, 0) is 15.7 Å². The first-order chi connectivity index (χ1) is 15.9. The Morgan fingerprint density at radius 2 is 1.76 bits per heavy atom. The molecule has 0 amide bonds. The number of hydrogen-bond acceptors (Lipinski definition) is 7. The van der Waals surface area contributed by atoms with Crippen LogP contribution in [0.15, 0.2) is 42.5 Å². The van der Waals surface area contributed by atoms with Gasteiger partial charge in [0.1, 0.15) is 22.6 Å². The number of rotatable bonds is 8. The maximum absolute atomic E-state index is 12.8. The first-order valence-corrected chi connectivity index (χ1v) is 11.4. The van der Waals surface area contributed by atoms with Crippen LogP contribution in [0, 0.1) is 6.92 Å². The molecule has 1 atom stereocenters. The molecule has 10 heteroatoms. The van der Waals surface area contributed by atoms with E-state index in [0.29, 0.717) is 27.1 Å². The molecule has 0 aliphatic carbocycles. The number of aromatic nitrogens is 2. The maximum atomic E-state index is 12.8. The number of hydrogen-bond donors (Lipinski definition) is 0. The monoisotopic (exact) mass is 494 g/mol. The number of esters is 1. The molecule has 1 unspecified atom stereocenters. The SMILES string of the molecule is CCOC(=O)C(C)(C)Oc1ccc(OC(C)c2nnc(-c3ccc(C(F)(F)F)cc3)s2)cc1C. The quantitative estimate of drug-likeness (QED) is 0.338. The van der Waals surface area contributed by atoms with Gasteiger partial charge in [-0.05, 0) is 70.5 Å². The van der Waals surface area contributed by atoms with Crippen molar-refractivity contribution in [2.75, 3.05) is 6.61 Å². The minimum Gasteiger partial charge on any atom is -0.483 e. The Morgan fingerprint density at radius 1 is 1.09 bits per heavy atom. The molecule has 3 rings (SSSR count). The summed E-state index contributed by atoms with van der Waals surface area (Å²) in [7, 11) is 0. The number of carbonyl (C=O) groups excluding carboxylic acids is 1. The molecule has 0 saturated heterocycles. The molecule has 34 heavy (non-hydrogen) atoms. The van der Waals surface area contributed by atoms with Gasteiger partial charge in [0.15, 0.2) is 10.6 Å². The molecule has 0 spiro atoms. The van der Waals surface area contributed by atoms with E-state index < -0.39 is 29.4 Å². The van der Waals surface area contributed by atoms with Crippen LogP contribution in [-0.4, -0.2) is 28.4 Å². The van der Waals surface area contributed by atoms with E-state index >= 15 is 0 Å². The number of nitrogens with zero attached hydrogens (tertiary/aromatic N) is 2. The van der Waals surface area contributed by atoms with Gasteiger partial charge in [-0.2, -0.15) is 13.2 Å². The van der Waals surface area contributed by atoms with E-state index in [9.17, 15) is 18.0 Å². The minimum absolute atomic E-state index is 0.265. The van der Waals surface area contributed by atoms with Gasteiger partial charge in [0, 0.05) is 5.56 Å². The average Bonchev–Trinajstić information content (AvgIpc) is 3.26. The molecule has 0 fully saturated rings. The van der Waals surface area contributed by atoms with Crippen molar-refractivity contribution in [2.45, 2.75) is 52.5 Å². The lowest BCUT2D eigenvalue weighted by Gasteiger charge is -2.25. The predicted molar refractivity (Wildman–Crippen MR) is 122 cm³/mol. The number of halogens is 3. The van der Waals surface area contributed by atoms with Crippen molar-refractivity contribution in [3.8, 4) is 22.1 Å². The third kappa shape index (κ3) is 6.05. The van der Waals surface area contributed by atoms with E-state index in [-0.39, 0.29) is 6.61 Å². The van der Waals surface area contributed by atoms with Crippen LogP contribution in [0.5, 0.6) is 11.5 Å². The van der Waals surface area contributed by atoms with Crippen LogP contribution >= 0.6 is 11.3 Å². The zero-order valence-electron chi connectivity index (χ0n) is 19.4. The van der Waals surface area contributed by atoms with Crippen molar-refractivity contribution in [3.05, 3.63) is 58.6 Å². The van der Waals surface area contributed by atoms with Crippen LogP contribution < -0.4 is 9.47 Å². The minimum atomic E-state index is -4.39. The third-order valence-corrected chi connectivity index (χ3v) is 5.97. The van der Waals surface area contributed by atoms with Gasteiger partial charge in [-0.3, -0.25) is 0 Å². The van der Waals surface area contributed by atoms with Gasteiger partial charge in [-0.1, -0.05) is 23.5 Å². The van der Waals surface area contributed by atoms with E-state index in [0.717, 1.165) is 17.7 Å². The standard InChI is InChI=1S/C24H25F3N2O4S/c1-6-31-22(30)23(4,5)33-19-12-11-18(13-14(19)2)32-15(3)20-28-29-21(34-20)16-7-9-17(10-8-16)24(25,26)27/h7-13,15H,6H2,1-5H3. The highest BCUT2D eigenvalue weighted by Crippen LogP contribution is 2.34.